The maximum absolute atomic E-state index is 14.6. The first-order valence-corrected chi connectivity index (χ1v) is 10.1. The number of nitrogens with zero attached hydrogens (tertiary/aromatic N) is 2. The van der Waals surface area contributed by atoms with Gasteiger partial charge in [0, 0.05) is 30.7 Å². The number of benzene rings is 1. The number of carbonyl (C=O) groups is 1. The van der Waals surface area contributed by atoms with Gasteiger partial charge in [-0.2, -0.15) is 5.26 Å². The summed E-state index contributed by atoms with van der Waals surface area (Å²) in [5, 5.41) is 12.5. The van der Waals surface area contributed by atoms with Gasteiger partial charge in [-0.1, -0.05) is 6.07 Å². The lowest BCUT2D eigenvalue weighted by Crippen LogP contribution is -2.53. The third-order valence-electron chi connectivity index (χ3n) is 5.08. The number of alkyl carbamates (subject to hydrolysis) is 1. The molecule has 0 saturated carbocycles. The zero-order chi connectivity index (χ0) is 21.9. The monoisotopic (exact) mass is 414 g/mol. The first-order chi connectivity index (χ1) is 14.1. The number of pyridine rings is 1. The van der Waals surface area contributed by atoms with Crippen LogP contribution in [0.4, 0.5) is 9.18 Å². The Balaban J connectivity index is 1.56. The second-order valence-corrected chi connectivity index (χ2v) is 8.65. The minimum absolute atomic E-state index is 0.192. The van der Waals surface area contributed by atoms with Gasteiger partial charge in [0.25, 0.3) is 5.56 Å². The summed E-state index contributed by atoms with van der Waals surface area (Å²) in [6, 6.07) is 8.46. The van der Waals surface area contributed by atoms with Gasteiger partial charge in [-0.25, -0.2) is 9.18 Å². The molecule has 2 atom stereocenters. The van der Waals surface area contributed by atoms with Crippen molar-refractivity contribution in [2.75, 3.05) is 19.6 Å². The Morgan fingerprint density at radius 3 is 2.83 bits per heavy atom. The smallest absolute Gasteiger partial charge is 0.407 e. The van der Waals surface area contributed by atoms with Gasteiger partial charge in [-0.15, -0.1) is 0 Å². The molecule has 2 heterocycles. The Morgan fingerprint density at radius 2 is 2.17 bits per heavy atom. The number of fused-ring (bicyclic) bond motifs is 1. The molecule has 1 aliphatic rings. The fourth-order valence-electron chi connectivity index (χ4n) is 3.57. The standard InChI is InChI=1S/C22H27FN4O3/c1-22(2,3)30-21(29)26-18-7-9-27(13-17(18)23)8-6-16-11-15-5-4-14(12-24)10-19(15)25-20(16)28/h4-5,10-11,17-18H,6-9,13H2,1-3H3,(H,25,28)(H,26,29). The van der Waals surface area contributed by atoms with Crippen LogP contribution >= 0.6 is 0 Å². The number of amides is 1. The van der Waals surface area contributed by atoms with E-state index in [0.717, 1.165) is 5.39 Å². The molecule has 1 amide bonds. The zero-order valence-corrected chi connectivity index (χ0v) is 17.5. The van der Waals surface area contributed by atoms with Crippen molar-refractivity contribution in [3.05, 3.63) is 45.7 Å². The average Bonchev–Trinajstić information content (AvgIpc) is 2.66. The number of piperidine rings is 1. The second kappa shape index (κ2) is 8.84. The number of carbonyl (C=O) groups excluding carboxylic acids is 1. The summed E-state index contributed by atoms with van der Waals surface area (Å²) in [6.07, 6.45) is -0.843. The van der Waals surface area contributed by atoms with E-state index in [2.05, 4.69) is 16.4 Å². The normalized spacial score (nSPS) is 20.0. The number of hydrogen-bond acceptors (Lipinski definition) is 5. The van der Waals surface area contributed by atoms with Crippen LogP contribution in [0.1, 0.15) is 38.3 Å². The molecule has 8 heteroatoms. The van der Waals surface area contributed by atoms with Crippen LogP contribution in [0.15, 0.2) is 29.1 Å². The molecule has 2 unspecified atom stereocenters. The zero-order valence-electron chi connectivity index (χ0n) is 17.5. The van der Waals surface area contributed by atoms with Crippen molar-refractivity contribution in [3.8, 4) is 6.07 Å². The molecule has 0 bridgehead atoms. The van der Waals surface area contributed by atoms with Crippen molar-refractivity contribution in [1.29, 1.82) is 5.26 Å². The molecule has 0 aliphatic carbocycles. The molecular weight excluding hydrogens is 387 g/mol. The number of halogens is 1. The van der Waals surface area contributed by atoms with E-state index in [1.54, 1.807) is 39.0 Å². The SMILES string of the molecule is CC(C)(C)OC(=O)NC1CCN(CCc2cc3ccc(C#N)cc3[nH]c2=O)CC1F. The predicted octanol–water partition coefficient (Wildman–Crippen LogP) is 2.88. The van der Waals surface area contributed by atoms with Gasteiger partial charge in [-0.05, 0) is 57.2 Å². The van der Waals surface area contributed by atoms with E-state index in [4.69, 9.17) is 10.00 Å². The van der Waals surface area contributed by atoms with Crippen LogP contribution in [0.5, 0.6) is 0 Å². The van der Waals surface area contributed by atoms with E-state index >= 15 is 0 Å². The number of nitrogens with one attached hydrogen (secondary N) is 2. The molecule has 30 heavy (non-hydrogen) atoms. The van der Waals surface area contributed by atoms with Crippen LogP contribution in [-0.4, -0.2) is 53.4 Å². The summed E-state index contributed by atoms with van der Waals surface area (Å²) in [5.41, 5.74) is 0.913. The molecule has 1 aromatic carbocycles. The number of rotatable bonds is 4. The first kappa shape index (κ1) is 21.8. The van der Waals surface area contributed by atoms with E-state index in [1.165, 1.54) is 0 Å². The third kappa shape index (κ3) is 5.57. The van der Waals surface area contributed by atoms with Crippen molar-refractivity contribution in [2.24, 2.45) is 0 Å². The van der Waals surface area contributed by atoms with E-state index in [9.17, 15) is 14.0 Å². The van der Waals surface area contributed by atoms with Crippen LogP contribution in [0.2, 0.25) is 0 Å². The van der Waals surface area contributed by atoms with E-state index < -0.39 is 23.9 Å². The Morgan fingerprint density at radius 1 is 1.40 bits per heavy atom. The topological polar surface area (TPSA) is 98.2 Å². The molecule has 7 nitrogen and oxygen atoms in total. The second-order valence-electron chi connectivity index (χ2n) is 8.65. The number of likely N-dealkylation sites (tertiary alicyclic amines) is 1. The van der Waals surface area contributed by atoms with Crippen molar-refractivity contribution < 1.29 is 13.9 Å². The molecule has 2 aromatic rings. The molecule has 1 saturated heterocycles. The van der Waals surface area contributed by atoms with Gasteiger partial charge in [0.2, 0.25) is 0 Å². The highest BCUT2D eigenvalue weighted by Crippen LogP contribution is 2.17. The summed E-state index contributed by atoms with van der Waals surface area (Å²) < 4.78 is 19.8. The van der Waals surface area contributed by atoms with Crippen LogP contribution < -0.4 is 10.9 Å². The number of H-pyrrole nitrogens is 1. The lowest BCUT2D eigenvalue weighted by atomic mass is 10.0. The van der Waals surface area contributed by atoms with Crippen molar-refractivity contribution in [2.45, 2.75) is 51.4 Å². The predicted molar refractivity (Wildman–Crippen MR) is 112 cm³/mol. The van der Waals surface area contributed by atoms with E-state index in [1.807, 2.05) is 11.0 Å². The molecule has 3 rings (SSSR count). The maximum atomic E-state index is 14.6. The molecule has 0 radical (unpaired) electrons. The maximum Gasteiger partial charge on any atom is 0.407 e. The van der Waals surface area contributed by atoms with Gasteiger partial charge in [0.15, 0.2) is 0 Å². The minimum Gasteiger partial charge on any atom is -0.444 e. The summed E-state index contributed by atoms with van der Waals surface area (Å²) in [4.78, 5) is 29.0. The highest BCUT2D eigenvalue weighted by Gasteiger charge is 2.31. The summed E-state index contributed by atoms with van der Waals surface area (Å²) >= 11 is 0. The van der Waals surface area contributed by atoms with E-state index in [0.29, 0.717) is 42.6 Å². The van der Waals surface area contributed by atoms with Crippen LogP contribution in [0.25, 0.3) is 10.9 Å². The van der Waals surface area contributed by atoms with Crippen molar-refractivity contribution >= 4 is 17.0 Å². The largest absolute Gasteiger partial charge is 0.444 e. The Kier molecular flexibility index (Phi) is 6.42. The number of aromatic nitrogens is 1. The molecule has 1 aliphatic heterocycles. The Labute approximate surface area is 174 Å². The molecular formula is C22H27FN4O3. The summed E-state index contributed by atoms with van der Waals surface area (Å²) in [7, 11) is 0. The molecule has 160 valence electrons. The number of aromatic amines is 1. The van der Waals surface area contributed by atoms with Crippen LogP contribution in [0.3, 0.4) is 0 Å². The summed E-state index contributed by atoms with van der Waals surface area (Å²) in [5.74, 6) is 0. The average molecular weight is 414 g/mol. The van der Waals surface area contributed by atoms with Gasteiger partial charge < -0.3 is 15.0 Å². The first-order valence-electron chi connectivity index (χ1n) is 10.1. The van der Waals surface area contributed by atoms with Crippen LogP contribution in [0, 0.1) is 11.3 Å². The van der Waals surface area contributed by atoms with Gasteiger partial charge >= 0.3 is 6.09 Å². The molecule has 1 aromatic heterocycles. The molecule has 0 spiro atoms. The molecule has 1 fully saturated rings. The Bertz CT molecular complexity index is 1020. The highest BCUT2D eigenvalue weighted by atomic mass is 19.1. The fraction of sp³-hybridized carbons (Fsp3) is 0.500. The number of ether oxygens (including phenoxy) is 1. The summed E-state index contributed by atoms with van der Waals surface area (Å²) in [6.45, 7) is 6.65. The van der Waals surface area contributed by atoms with Crippen molar-refractivity contribution in [3.63, 3.8) is 0 Å². The third-order valence-corrected chi connectivity index (χ3v) is 5.08. The fourth-order valence-corrected chi connectivity index (χ4v) is 3.57. The lowest BCUT2D eigenvalue weighted by molar-refractivity contribution is 0.0398. The number of hydrogen-bond donors (Lipinski definition) is 2. The van der Waals surface area contributed by atoms with Gasteiger partial charge in [0.1, 0.15) is 11.8 Å². The van der Waals surface area contributed by atoms with Crippen molar-refractivity contribution in [1.82, 2.24) is 15.2 Å². The van der Waals surface area contributed by atoms with Gasteiger partial charge in [-0.3, -0.25) is 9.69 Å². The number of nitriles is 1. The highest BCUT2D eigenvalue weighted by molar-refractivity contribution is 5.80. The van der Waals surface area contributed by atoms with Gasteiger partial charge in [0.05, 0.1) is 17.7 Å². The minimum atomic E-state index is -1.20. The van der Waals surface area contributed by atoms with Crippen LogP contribution in [-0.2, 0) is 11.2 Å². The number of alkyl halides is 1. The molecule has 2 N–H and O–H groups in total. The Hall–Kier alpha value is -2.92. The van der Waals surface area contributed by atoms with E-state index in [-0.39, 0.29) is 12.1 Å². The lowest BCUT2D eigenvalue weighted by Gasteiger charge is -2.35. The quantitative estimate of drug-likeness (QED) is 0.802.